The van der Waals surface area contributed by atoms with Crippen LogP contribution in [-0.2, 0) is 4.79 Å². The highest BCUT2D eigenvalue weighted by molar-refractivity contribution is 6.01. The molecular weight excluding hydrogens is 406 g/mol. The molecule has 0 saturated carbocycles. The van der Waals surface area contributed by atoms with Crippen LogP contribution in [0.15, 0.2) is 79.1 Å². The molecule has 0 unspecified atom stereocenters. The maximum Gasteiger partial charge on any atom is 0.329 e. The van der Waals surface area contributed by atoms with E-state index >= 15 is 0 Å². The molecule has 3 atom stereocenters. The largest absolute Gasteiger partial charge is 0.480 e. The van der Waals surface area contributed by atoms with E-state index < -0.39 is 12.0 Å². The van der Waals surface area contributed by atoms with Crippen molar-refractivity contribution in [2.45, 2.75) is 31.0 Å². The van der Waals surface area contributed by atoms with Gasteiger partial charge in [-0.1, -0.05) is 36.4 Å². The molecule has 1 aromatic heterocycles. The Labute approximate surface area is 185 Å². The number of amides is 2. The highest BCUT2D eigenvalue weighted by Gasteiger charge is 2.52. The number of piperazine rings is 1. The number of para-hydroxylation sites is 2. The van der Waals surface area contributed by atoms with Gasteiger partial charge in [0.15, 0.2) is 6.04 Å². The maximum atomic E-state index is 13.9. The molecule has 2 bridgehead atoms. The molecule has 2 aromatic carbocycles. The number of carboxylic acid groups (broad SMARTS) is 1. The number of rotatable bonds is 4. The number of urea groups is 1. The molecule has 2 aliphatic heterocycles. The molecule has 2 amide bonds. The molecule has 3 heterocycles. The summed E-state index contributed by atoms with van der Waals surface area (Å²) in [7, 11) is 0. The van der Waals surface area contributed by atoms with Gasteiger partial charge in [0.05, 0.1) is 23.5 Å². The Bertz CT molecular complexity index is 1060. The predicted molar refractivity (Wildman–Crippen MR) is 120 cm³/mol. The smallest absolute Gasteiger partial charge is 0.329 e. The zero-order valence-electron chi connectivity index (χ0n) is 17.4. The van der Waals surface area contributed by atoms with Crippen molar-refractivity contribution < 1.29 is 14.7 Å². The van der Waals surface area contributed by atoms with Crippen molar-refractivity contribution in [3.05, 3.63) is 79.1 Å². The molecule has 8 nitrogen and oxygen atoms in total. The van der Waals surface area contributed by atoms with Gasteiger partial charge in [0.2, 0.25) is 5.95 Å². The summed E-state index contributed by atoms with van der Waals surface area (Å²) < 4.78 is 0. The highest BCUT2D eigenvalue weighted by Crippen LogP contribution is 2.38. The number of carbonyl (C=O) groups excluding carboxylic acids is 1. The number of likely N-dealkylation sites (tertiary alicyclic amines) is 1. The first-order chi connectivity index (χ1) is 15.6. The zero-order valence-corrected chi connectivity index (χ0v) is 17.4. The van der Waals surface area contributed by atoms with Crippen LogP contribution in [0.1, 0.15) is 12.8 Å². The third-order valence-corrected chi connectivity index (χ3v) is 6.16. The van der Waals surface area contributed by atoms with Gasteiger partial charge < -0.3 is 14.9 Å². The van der Waals surface area contributed by atoms with Crippen LogP contribution in [0.2, 0.25) is 0 Å². The number of benzene rings is 2. The lowest BCUT2D eigenvalue weighted by molar-refractivity contribution is -0.143. The van der Waals surface area contributed by atoms with Crippen molar-refractivity contribution in [2.24, 2.45) is 0 Å². The number of aliphatic carboxylic acids is 1. The van der Waals surface area contributed by atoms with Gasteiger partial charge in [-0.3, -0.25) is 4.90 Å². The first kappa shape index (κ1) is 20.0. The van der Waals surface area contributed by atoms with Gasteiger partial charge in [-0.25, -0.2) is 19.6 Å². The number of anilines is 3. The van der Waals surface area contributed by atoms with Crippen molar-refractivity contribution in [1.82, 2.24) is 14.9 Å². The fraction of sp³-hybridized carbons (Fsp3) is 0.250. The topological polar surface area (TPSA) is 89.9 Å². The summed E-state index contributed by atoms with van der Waals surface area (Å²) in [6.45, 7) is 0.292. The third kappa shape index (κ3) is 3.43. The molecule has 3 aromatic rings. The lowest BCUT2D eigenvalue weighted by Gasteiger charge is -2.46. The van der Waals surface area contributed by atoms with E-state index in [1.54, 1.807) is 23.4 Å². The van der Waals surface area contributed by atoms with Gasteiger partial charge >= 0.3 is 12.0 Å². The van der Waals surface area contributed by atoms with Crippen molar-refractivity contribution >= 4 is 29.3 Å². The quantitative estimate of drug-likeness (QED) is 0.682. The van der Waals surface area contributed by atoms with Crippen LogP contribution >= 0.6 is 0 Å². The van der Waals surface area contributed by atoms with Crippen LogP contribution in [0.25, 0.3) is 0 Å². The minimum Gasteiger partial charge on any atom is -0.480 e. The van der Waals surface area contributed by atoms with Gasteiger partial charge in [-0.05, 0) is 43.2 Å². The Morgan fingerprint density at radius 2 is 1.47 bits per heavy atom. The van der Waals surface area contributed by atoms with Crippen LogP contribution in [-0.4, -0.2) is 56.6 Å². The molecule has 0 aliphatic carbocycles. The van der Waals surface area contributed by atoms with Crippen LogP contribution in [0.5, 0.6) is 0 Å². The summed E-state index contributed by atoms with van der Waals surface area (Å²) in [5.41, 5.74) is 1.38. The summed E-state index contributed by atoms with van der Waals surface area (Å²) in [5.74, 6) is -0.507. The first-order valence-electron chi connectivity index (χ1n) is 10.6. The predicted octanol–water partition coefficient (Wildman–Crippen LogP) is 3.54. The van der Waals surface area contributed by atoms with E-state index in [1.165, 1.54) is 4.90 Å². The lowest BCUT2D eigenvalue weighted by Crippen LogP contribution is -2.65. The van der Waals surface area contributed by atoms with Crippen LogP contribution in [0, 0.1) is 0 Å². The molecule has 2 saturated heterocycles. The Balaban J connectivity index is 1.53. The highest BCUT2D eigenvalue weighted by atomic mass is 16.4. The second kappa shape index (κ2) is 8.30. The van der Waals surface area contributed by atoms with Gasteiger partial charge in [0, 0.05) is 18.9 Å². The molecule has 2 fully saturated rings. The summed E-state index contributed by atoms with van der Waals surface area (Å²) in [6.07, 6.45) is 4.76. The van der Waals surface area contributed by atoms with Gasteiger partial charge in [0.25, 0.3) is 0 Å². The summed E-state index contributed by atoms with van der Waals surface area (Å²) in [4.78, 5) is 40.1. The second-order valence-corrected chi connectivity index (χ2v) is 7.98. The maximum absolute atomic E-state index is 13.9. The Hall–Kier alpha value is -3.94. The molecule has 2 aliphatic rings. The molecule has 32 heavy (non-hydrogen) atoms. The van der Waals surface area contributed by atoms with Crippen LogP contribution < -0.4 is 9.80 Å². The van der Waals surface area contributed by atoms with E-state index in [2.05, 4.69) is 9.97 Å². The summed E-state index contributed by atoms with van der Waals surface area (Å²) in [6, 6.07) is 18.6. The Morgan fingerprint density at radius 1 is 0.875 bits per heavy atom. The van der Waals surface area contributed by atoms with E-state index in [0.29, 0.717) is 30.3 Å². The SMILES string of the molecule is O=C(O)[C@@H]1[C@H]2CC[C@@H](CN1C(=O)N(c1ccccc1)c1ccccc1)N2c1ncccn1. The standard InChI is InChI=1S/C24H23N5O3/c30-22(31)21-20-13-12-19(29(20)23-25-14-7-15-26-23)16-27(21)24(32)28(17-8-3-1-4-9-17)18-10-5-2-6-11-18/h1-11,14-15,19-21H,12-13,16H2,(H,30,31)/t19-,20+,21-/m0/s1. The average molecular weight is 429 g/mol. The average Bonchev–Trinajstić information content (AvgIpc) is 3.13. The van der Waals surface area contributed by atoms with Crippen LogP contribution in [0.3, 0.4) is 0 Å². The first-order valence-corrected chi connectivity index (χ1v) is 10.6. The van der Waals surface area contributed by atoms with E-state index in [1.807, 2.05) is 65.6 Å². The minimum absolute atomic E-state index is 0.0321. The summed E-state index contributed by atoms with van der Waals surface area (Å²) >= 11 is 0. The fourth-order valence-corrected chi connectivity index (χ4v) is 4.83. The Kier molecular flexibility index (Phi) is 5.18. The Morgan fingerprint density at radius 3 is 2.03 bits per heavy atom. The number of aromatic nitrogens is 2. The van der Waals surface area contributed by atoms with Crippen molar-refractivity contribution in [1.29, 1.82) is 0 Å². The zero-order chi connectivity index (χ0) is 22.1. The van der Waals surface area contributed by atoms with Crippen molar-refractivity contribution in [3.63, 3.8) is 0 Å². The molecule has 1 N–H and O–H groups in total. The number of nitrogens with zero attached hydrogens (tertiary/aromatic N) is 5. The molecule has 8 heteroatoms. The number of carboxylic acids is 1. The number of hydrogen-bond donors (Lipinski definition) is 1. The van der Waals surface area contributed by atoms with E-state index in [0.717, 1.165) is 6.42 Å². The van der Waals surface area contributed by atoms with Crippen molar-refractivity contribution in [2.75, 3.05) is 16.3 Å². The van der Waals surface area contributed by atoms with E-state index in [4.69, 9.17) is 0 Å². The molecular formula is C24H23N5O3. The number of carbonyl (C=O) groups is 2. The third-order valence-electron chi connectivity index (χ3n) is 6.16. The van der Waals surface area contributed by atoms with E-state index in [9.17, 15) is 14.7 Å². The number of fused-ring (bicyclic) bond motifs is 2. The minimum atomic E-state index is -1.02. The normalized spacial score (nSPS) is 21.9. The van der Waals surface area contributed by atoms with Crippen LogP contribution in [0.4, 0.5) is 22.1 Å². The summed E-state index contributed by atoms with van der Waals surface area (Å²) in [5, 5.41) is 10.2. The monoisotopic (exact) mass is 429 g/mol. The van der Waals surface area contributed by atoms with Gasteiger partial charge in [-0.15, -0.1) is 0 Å². The molecule has 0 radical (unpaired) electrons. The lowest BCUT2D eigenvalue weighted by atomic mass is 10.0. The van der Waals surface area contributed by atoms with Gasteiger partial charge in [0.1, 0.15) is 0 Å². The molecule has 0 spiro atoms. The van der Waals surface area contributed by atoms with Gasteiger partial charge in [-0.2, -0.15) is 0 Å². The molecule has 5 rings (SSSR count). The number of hydrogen-bond acceptors (Lipinski definition) is 5. The fourth-order valence-electron chi connectivity index (χ4n) is 4.83. The molecule has 162 valence electrons. The van der Waals surface area contributed by atoms with E-state index in [-0.39, 0.29) is 18.1 Å². The second-order valence-electron chi connectivity index (χ2n) is 7.98. The van der Waals surface area contributed by atoms with Crippen molar-refractivity contribution in [3.8, 4) is 0 Å².